The Hall–Kier alpha value is -1.06. The highest BCUT2D eigenvalue weighted by molar-refractivity contribution is 5.17. The van der Waals surface area contributed by atoms with Gasteiger partial charge in [0.25, 0.3) is 0 Å². The molecule has 86 valence electrons. The molecule has 0 fully saturated rings. The van der Waals surface area contributed by atoms with Gasteiger partial charge in [-0.2, -0.15) is 4.98 Å². The van der Waals surface area contributed by atoms with E-state index in [-0.39, 0.29) is 0 Å². The van der Waals surface area contributed by atoms with E-state index >= 15 is 0 Å². The van der Waals surface area contributed by atoms with Crippen molar-refractivity contribution in [3.8, 4) is 0 Å². The molecule has 0 saturated carbocycles. The van der Waals surface area contributed by atoms with E-state index in [0.29, 0.717) is 29.6 Å². The van der Waals surface area contributed by atoms with E-state index in [2.05, 4.69) is 43.2 Å². The molecule has 0 aromatic carbocycles. The summed E-state index contributed by atoms with van der Waals surface area (Å²) >= 11 is 0. The van der Waals surface area contributed by atoms with Crippen LogP contribution < -0.4 is 5.32 Å². The molecule has 1 aromatic heterocycles. The maximum atomic E-state index is 5.00. The summed E-state index contributed by atoms with van der Waals surface area (Å²) in [5, 5.41) is 6.92. The molecule has 4 nitrogen and oxygen atoms in total. The Morgan fingerprint density at radius 2 is 1.80 bits per heavy atom. The molecule has 0 aliphatic heterocycles. The molecule has 15 heavy (non-hydrogen) atoms. The van der Waals surface area contributed by atoms with Crippen LogP contribution in [0.2, 0.25) is 0 Å². The zero-order chi connectivity index (χ0) is 11.4. The van der Waals surface area contributed by atoms with Gasteiger partial charge in [0.1, 0.15) is 0 Å². The van der Waals surface area contributed by atoms with Gasteiger partial charge in [0.05, 0.1) is 0 Å². The Morgan fingerprint density at radius 3 is 2.20 bits per heavy atom. The molecule has 0 atom stereocenters. The molecule has 0 aliphatic carbocycles. The molecule has 4 heteroatoms. The van der Waals surface area contributed by atoms with Crippen molar-refractivity contribution in [1.82, 2.24) is 10.1 Å². The molecule has 1 aromatic rings. The van der Waals surface area contributed by atoms with Crippen LogP contribution in [0, 0.1) is 24.7 Å². The third-order valence-electron chi connectivity index (χ3n) is 2.73. The number of aromatic nitrogens is 2. The Kier molecular flexibility index (Phi) is 4.12. The number of anilines is 1. The monoisotopic (exact) mass is 211 g/mol. The van der Waals surface area contributed by atoms with E-state index in [4.69, 9.17) is 4.52 Å². The molecule has 0 saturated heterocycles. The van der Waals surface area contributed by atoms with Gasteiger partial charge in [-0.15, -0.1) is 0 Å². The maximum absolute atomic E-state index is 5.00. The lowest BCUT2D eigenvalue weighted by Gasteiger charge is -2.24. The molecule has 0 spiro atoms. The predicted molar refractivity (Wildman–Crippen MR) is 60.7 cm³/mol. The summed E-state index contributed by atoms with van der Waals surface area (Å²) in [7, 11) is 0. The molecule has 1 rings (SSSR count). The number of nitrogens with one attached hydrogen (secondary N) is 1. The van der Waals surface area contributed by atoms with Crippen molar-refractivity contribution in [2.75, 3.05) is 11.9 Å². The van der Waals surface area contributed by atoms with Gasteiger partial charge in [-0.05, 0) is 24.7 Å². The summed E-state index contributed by atoms with van der Waals surface area (Å²) in [4.78, 5) is 4.11. The number of aryl methyl sites for hydroxylation is 1. The highest BCUT2D eigenvalue weighted by atomic mass is 16.5. The Bertz CT molecular complexity index is 286. The van der Waals surface area contributed by atoms with Crippen LogP contribution in [0.15, 0.2) is 4.52 Å². The molecule has 0 aliphatic rings. The van der Waals surface area contributed by atoms with Crippen LogP contribution in [0.25, 0.3) is 0 Å². The fourth-order valence-electron chi connectivity index (χ4n) is 1.82. The summed E-state index contributed by atoms with van der Waals surface area (Å²) in [5.74, 6) is 2.60. The van der Waals surface area contributed by atoms with E-state index in [9.17, 15) is 0 Å². The Balaban J connectivity index is 2.47. The van der Waals surface area contributed by atoms with Crippen LogP contribution in [-0.2, 0) is 0 Å². The summed E-state index contributed by atoms with van der Waals surface area (Å²) in [6.07, 6.45) is 0. The summed E-state index contributed by atoms with van der Waals surface area (Å²) in [6, 6.07) is 0.527. The minimum absolute atomic E-state index is 0.527. The van der Waals surface area contributed by atoms with Crippen LogP contribution in [0.3, 0.4) is 0 Å². The zero-order valence-corrected chi connectivity index (χ0v) is 10.2. The highest BCUT2D eigenvalue weighted by Gasteiger charge is 2.17. The second-order valence-corrected chi connectivity index (χ2v) is 4.68. The topological polar surface area (TPSA) is 51.0 Å². The van der Waals surface area contributed by atoms with Crippen molar-refractivity contribution in [3.63, 3.8) is 0 Å². The van der Waals surface area contributed by atoms with Gasteiger partial charge in [0.15, 0.2) is 5.82 Å². The predicted octanol–water partition coefficient (Wildman–Crippen LogP) is 2.72. The molecule has 0 bridgehead atoms. The first-order valence-electron chi connectivity index (χ1n) is 5.55. The number of rotatable bonds is 5. The van der Waals surface area contributed by atoms with Gasteiger partial charge in [-0.1, -0.05) is 32.9 Å². The first-order chi connectivity index (χ1) is 7.00. The van der Waals surface area contributed by atoms with E-state index in [1.807, 2.05) is 6.92 Å². The lowest BCUT2D eigenvalue weighted by atomic mass is 9.85. The second kappa shape index (κ2) is 5.14. The minimum atomic E-state index is 0.527. The summed E-state index contributed by atoms with van der Waals surface area (Å²) < 4.78 is 5.00. The first kappa shape index (κ1) is 12.0. The highest BCUT2D eigenvalue weighted by Crippen LogP contribution is 2.20. The van der Waals surface area contributed by atoms with Crippen molar-refractivity contribution in [3.05, 3.63) is 5.82 Å². The third kappa shape index (κ3) is 3.53. The Labute approximate surface area is 91.5 Å². The molecule has 1 heterocycles. The van der Waals surface area contributed by atoms with Crippen molar-refractivity contribution in [2.45, 2.75) is 34.6 Å². The van der Waals surface area contributed by atoms with E-state index < -0.39 is 0 Å². The lowest BCUT2D eigenvalue weighted by molar-refractivity contribution is 0.300. The summed E-state index contributed by atoms with van der Waals surface area (Å²) in [6.45, 7) is 11.7. The number of hydrogen-bond donors (Lipinski definition) is 1. The SMILES string of the molecule is Cc1noc(NCC(C(C)C)C(C)C)n1. The zero-order valence-electron chi connectivity index (χ0n) is 10.2. The minimum Gasteiger partial charge on any atom is -0.337 e. The van der Waals surface area contributed by atoms with Crippen LogP contribution in [0.1, 0.15) is 33.5 Å². The second-order valence-electron chi connectivity index (χ2n) is 4.68. The van der Waals surface area contributed by atoms with E-state index in [1.54, 1.807) is 0 Å². The standard InChI is InChI=1S/C11H21N3O/c1-7(2)10(8(3)4)6-12-11-13-9(5)14-15-11/h7-8,10H,6H2,1-5H3,(H,12,13,14). The molecule has 0 radical (unpaired) electrons. The van der Waals surface area contributed by atoms with Gasteiger partial charge in [-0.3, -0.25) is 0 Å². The maximum Gasteiger partial charge on any atom is 0.321 e. The third-order valence-corrected chi connectivity index (χ3v) is 2.73. The van der Waals surface area contributed by atoms with Crippen molar-refractivity contribution in [2.24, 2.45) is 17.8 Å². The van der Waals surface area contributed by atoms with Crippen LogP contribution in [0.5, 0.6) is 0 Å². The Morgan fingerprint density at radius 1 is 1.20 bits per heavy atom. The van der Waals surface area contributed by atoms with Crippen molar-refractivity contribution in [1.29, 1.82) is 0 Å². The smallest absolute Gasteiger partial charge is 0.321 e. The van der Waals surface area contributed by atoms with Crippen molar-refractivity contribution >= 4 is 6.01 Å². The van der Waals surface area contributed by atoms with Crippen LogP contribution in [-0.4, -0.2) is 16.7 Å². The average molecular weight is 211 g/mol. The van der Waals surface area contributed by atoms with Gasteiger partial charge < -0.3 is 9.84 Å². The lowest BCUT2D eigenvalue weighted by Crippen LogP contribution is -2.24. The molecular formula is C11H21N3O. The number of hydrogen-bond acceptors (Lipinski definition) is 4. The fourth-order valence-corrected chi connectivity index (χ4v) is 1.82. The van der Waals surface area contributed by atoms with Crippen molar-refractivity contribution < 1.29 is 4.52 Å². The largest absolute Gasteiger partial charge is 0.337 e. The van der Waals surface area contributed by atoms with Gasteiger partial charge >= 0.3 is 6.01 Å². The molecule has 0 amide bonds. The number of nitrogens with zero attached hydrogens (tertiary/aromatic N) is 2. The van der Waals surface area contributed by atoms with E-state index in [1.165, 1.54) is 0 Å². The van der Waals surface area contributed by atoms with Crippen LogP contribution >= 0.6 is 0 Å². The molecule has 1 N–H and O–H groups in total. The van der Waals surface area contributed by atoms with Crippen LogP contribution in [0.4, 0.5) is 6.01 Å². The molecular weight excluding hydrogens is 190 g/mol. The van der Waals surface area contributed by atoms with Gasteiger partial charge in [0.2, 0.25) is 0 Å². The summed E-state index contributed by atoms with van der Waals surface area (Å²) in [5.41, 5.74) is 0. The van der Waals surface area contributed by atoms with Gasteiger partial charge in [0, 0.05) is 6.54 Å². The molecule has 0 unspecified atom stereocenters. The normalized spacial score (nSPS) is 11.7. The average Bonchev–Trinajstić information content (AvgIpc) is 2.50. The van der Waals surface area contributed by atoms with Gasteiger partial charge in [-0.25, -0.2) is 0 Å². The fraction of sp³-hybridized carbons (Fsp3) is 0.818. The quantitative estimate of drug-likeness (QED) is 0.813. The van der Waals surface area contributed by atoms with E-state index in [0.717, 1.165) is 6.54 Å². The first-order valence-corrected chi connectivity index (χ1v) is 5.55.